The SMILES string of the molecule is CC1(C)CNc2ccc(CCn3cccn3)cc21. The molecular weight excluding hydrogens is 222 g/mol. The quantitative estimate of drug-likeness (QED) is 0.895. The second-order valence-corrected chi connectivity index (χ2v) is 5.64. The van der Waals surface area contributed by atoms with E-state index in [9.17, 15) is 0 Å². The molecule has 0 radical (unpaired) electrons. The molecule has 18 heavy (non-hydrogen) atoms. The highest BCUT2D eigenvalue weighted by molar-refractivity contribution is 5.60. The molecule has 0 amide bonds. The lowest BCUT2D eigenvalue weighted by atomic mass is 9.86. The summed E-state index contributed by atoms with van der Waals surface area (Å²) in [7, 11) is 0. The molecule has 0 fully saturated rings. The van der Waals surface area contributed by atoms with Gasteiger partial charge >= 0.3 is 0 Å². The van der Waals surface area contributed by atoms with Crippen molar-refractivity contribution in [3.8, 4) is 0 Å². The zero-order valence-electron chi connectivity index (χ0n) is 11.0. The van der Waals surface area contributed by atoms with Gasteiger partial charge in [0.05, 0.1) is 0 Å². The van der Waals surface area contributed by atoms with Crippen molar-refractivity contribution in [2.45, 2.75) is 32.2 Å². The highest BCUT2D eigenvalue weighted by atomic mass is 15.3. The summed E-state index contributed by atoms with van der Waals surface area (Å²) in [4.78, 5) is 0. The Morgan fingerprint density at radius 3 is 3.06 bits per heavy atom. The van der Waals surface area contributed by atoms with Crippen molar-refractivity contribution in [3.05, 3.63) is 47.8 Å². The molecule has 3 nitrogen and oxygen atoms in total. The molecule has 3 rings (SSSR count). The van der Waals surface area contributed by atoms with Crippen LogP contribution in [0.4, 0.5) is 5.69 Å². The molecule has 0 aliphatic carbocycles. The van der Waals surface area contributed by atoms with E-state index in [-0.39, 0.29) is 5.41 Å². The summed E-state index contributed by atoms with van der Waals surface area (Å²) in [6, 6.07) is 8.74. The third-order valence-corrected chi connectivity index (χ3v) is 3.72. The number of benzene rings is 1. The van der Waals surface area contributed by atoms with E-state index in [1.54, 1.807) is 0 Å². The Balaban J connectivity index is 1.78. The third kappa shape index (κ3) is 2.01. The van der Waals surface area contributed by atoms with Crippen LogP contribution in [0.2, 0.25) is 0 Å². The second kappa shape index (κ2) is 4.16. The topological polar surface area (TPSA) is 29.9 Å². The molecule has 94 valence electrons. The van der Waals surface area contributed by atoms with E-state index < -0.39 is 0 Å². The van der Waals surface area contributed by atoms with Gasteiger partial charge in [-0.05, 0) is 29.7 Å². The van der Waals surface area contributed by atoms with Crippen molar-refractivity contribution in [3.63, 3.8) is 0 Å². The van der Waals surface area contributed by atoms with Crippen molar-refractivity contribution in [2.24, 2.45) is 0 Å². The van der Waals surface area contributed by atoms with E-state index in [1.807, 2.05) is 23.1 Å². The standard InChI is InChI=1S/C15H19N3/c1-15(2)11-16-14-5-4-12(10-13(14)15)6-9-18-8-3-7-17-18/h3-5,7-8,10,16H,6,9,11H2,1-2H3. The van der Waals surface area contributed by atoms with Gasteiger partial charge in [-0.25, -0.2) is 0 Å². The van der Waals surface area contributed by atoms with Crippen LogP contribution in [0.1, 0.15) is 25.0 Å². The molecule has 3 heteroatoms. The lowest BCUT2D eigenvalue weighted by Crippen LogP contribution is -2.19. The molecule has 1 N–H and O–H groups in total. The van der Waals surface area contributed by atoms with E-state index in [1.165, 1.54) is 16.8 Å². The maximum absolute atomic E-state index is 4.24. The Kier molecular flexibility index (Phi) is 2.62. The highest BCUT2D eigenvalue weighted by Crippen LogP contribution is 2.36. The van der Waals surface area contributed by atoms with Crippen LogP contribution in [0.25, 0.3) is 0 Å². The Morgan fingerprint density at radius 2 is 2.28 bits per heavy atom. The maximum atomic E-state index is 4.24. The van der Waals surface area contributed by atoms with E-state index >= 15 is 0 Å². The van der Waals surface area contributed by atoms with Crippen LogP contribution in [-0.2, 0) is 18.4 Å². The number of aryl methyl sites for hydroxylation is 2. The number of anilines is 1. The summed E-state index contributed by atoms with van der Waals surface area (Å²) in [6.45, 7) is 6.57. The summed E-state index contributed by atoms with van der Waals surface area (Å²) in [6.07, 6.45) is 4.87. The summed E-state index contributed by atoms with van der Waals surface area (Å²) < 4.78 is 1.98. The number of fused-ring (bicyclic) bond motifs is 1. The van der Waals surface area contributed by atoms with E-state index in [0.717, 1.165) is 19.5 Å². The maximum Gasteiger partial charge on any atom is 0.0489 e. The van der Waals surface area contributed by atoms with Gasteiger partial charge in [0.1, 0.15) is 0 Å². The molecule has 1 aliphatic heterocycles. The average Bonchev–Trinajstić information content (AvgIpc) is 2.96. The van der Waals surface area contributed by atoms with Crippen LogP contribution in [0.3, 0.4) is 0 Å². The Hall–Kier alpha value is -1.77. The summed E-state index contributed by atoms with van der Waals surface area (Å²) in [5, 5.41) is 7.71. The fourth-order valence-corrected chi connectivity index (χ4v) is 2.55. The predicted molar refractivity (Wildman–Crippen MR) is 73.9 cm³/mol. The molecule has 2 heterocycles. The lowest BCUT2D eigenvalue weighted by Gasteiger charge is -2.17. The average molecular weight is 241 g/mol. The van der Waals surface area contributed by atoms with Gasteiger partial charge in [-0.2, -0.15) is 5.10 Å². The fourth-order valence-electron chi connectivity index (χ4n) is 2.55. The second-order valence-electron chi connectivity index (χ2n) is 5.64. The zero-order valence-corrected chi connectivity index (χ0v) is 11.0. The van der Waals surface area contributed by atoms with Crippen molar-refractivity contribution in [2.75, 3.05) is 11.9 Å². The van der Waals surface area contributed by atoms with E-state index in [4.69, 9.17) is 0 Å². The Bertz CT molecular complexity index is 541. The number of hydrogen-bond acceptors (Lipinski definition) is 2. The summed E-state index contributed by atoms with van der Waals surface area (Å²) in [5.74, 6) is 0. The van der Waals surface area contributed by atoms with Crippen molar-refractivity contribution in [1.29, 1.82) is 0 Å². The van der Waals surface area contributed by atoms with Crippen molar-refractivity contribution >= 4 is 5.69 Å². The predicted octanol–water partition coefficient (Wildman–Crippen LogP) is 2.83. The highest BCUT2D eigenvalue weighted by Gasteiger charge is 2.29. The molecule has 1 aliphatic rings. The minimum atomic E-state index is 0.247. The van der Waals surface area contributed by atoms with Crippen LogP contribution >= 0.6 is 0 Å². The monoisotopic (exact) mass is 241 g/mol. The Labute approximate surface area is 108 Å². The number of aromatic nitrogens is 2. The van der Waals surface area contributed by atoms with Crippen molar-refractivity contribution in [1.82, 2.24) is 9.78 Å². The van der Waals surface area contributed by atoms with E-state index in [2.05, 4.69) is 42.5 Å². The first-order valence-corrected chi connectivity index (χ1v) is 6.50. The molecule has 0 atom stereocenters. The first kappa shape index (κ1) is 11.3. The first-order valence-electron chi connectivity index (χ1n) is 6.50. The van der Waals surface area contributed by atoms with Gasteiger partial charge in [0.25, 0.3) is 0 Å². The van der Waals surface area contributed by atoms with Crippen LogP contribution in [-0.4, -0.2) is 16.3 Å². The zero-order chi connectivity index (χ0) is 12.6. The molecule has 0 saturated carbocycles. The minimum absolute atomic E-state index is 0.247. The van der Waals surface area contributed by atoms with Gasteiger partial charge in [-0.1, -0.05) is 26.0 Å². The molecule has 0 bridgehead atoms. The van der Waals surface area contributed by atoms with E-state index in [0.29, 0.717) is 0 Å². The third-order valence-electron chi connectivity index (χ3n) is 3.72. The van der Waals surface area contributed by atoms with Crippen LogP contribution in [0.15, 0.2) is 36.7 Å². The van der Waals surface area contributed by atoms with Gasteiger partial charge in [0.2, 0.25) is 0 Å². The smallest absolute Gasteiger partial charge is 0.0489 e. The van der Waals surface area contributed by atoms with Crippen molar-refractivity contribution < 1.29 is 0 Å². The number of hydrogen-bond donors (Lipinski definition) is 1. The summed E-state index contributed by atoms with van der Waals surface area (Å²) >= 11 is 0. The van der Waals surface area contributed by atoms with Crippen LogP contribution < -0.4 is 5.32 Å². The summed E-state index contributed by atoms with van der Waals surface area (Å²) in [5.41, 5.74) is 4.38. The number of nitrogens with one attached hydrogen (secondary N) is 1. The first-order chi connectivity index (χ1) is 8.65. The minimum Gasteiger partial charge on any atom is -0.384 e. The molecule has 1 aromatic carbocycles. The molecular formula is C15H19N3. The molecule has 0 saturated heterocycles. The fraction of sp³-hybridized carbons (Fsp3) is 0.400. The normalized spacial score (nSPS) is 16.3. The van der Waals surface area contributed by atoms with Gasteiger partial charge in [-0.15, -0.1) is 0 Å². The molecule has 2 aromatic rings. The molecule has 0 spiro atoms. The Morgan fingerprint density at radius 1 is 1.39 bits per heavy atom. The van der Waals surface area contributed by atoms with Gasteiger partial charge in [0.15, 0.2) is 0 Å². The molecule has 1 aromatic heterocycles. The number of rotatable bonds is 3. The molecule has 0 unspecified atom stereocenters. The van der Waals surface area contributed by atoms with Gasteiger partial charge in [-0.3, -0.25) is 4.68 Å². The van der Waals surface area contributed by atoms with Crippen LogP contribution in [0.5, 0.6) is 0 Å². The lowest BCUT2D eigenvalue weighted by molar-refractivity contribution is 0.583. The number of nitrogens with zero attached hydrogens (tertiary/aromatic N) is 2. The largest absolute Gasteiger partial charge is 0.384 e. The van der Waals surface area contributed by atoms with Crippen LogP contribution in [0, 0.1) is 0 Å². The van der Waals surface area contributed by atoms with Gasteiger partial charge in [0, 0.05) is 36.6 Å². The van der Waals surface area contributed by atoms with Gasteiger partial charge < -0.3 is 5.32 Å².